The number of aryl methyl sites for hydroxylation is 1. The SMILES string of the molecule is CC.CCCC(=O)Cc1ccc(C)c(C)c1C. The van der Waals surface area contributed by atoms with Gasteiger partial charge in [0, 0.05) is 12.8 Å². The molecule has 0 N–H and O–H groups in total. The molecule has 0 heterocycles. The van der Waals surface area contributed by atoms with Gasteiger partial charge in [-0.1, -0.05) is 32.9 Å². The van der Waals surface area contributed by atoms with Crippen LogP contribution in [0.1, 0.15) is 55.9 Å². The first-order valence-corrected chi connectivity index (χ1v) is 6.63. The maximum absolute atomic E-state index is 11.6. The highest BCUT2D eigenvalue weighted by Crippen LogP contribution is 2.18. The first kappa shape index (κ1) is 15.9. The molecule has 1 aromatic rings. The van der Waals surface area contributed by atoms with Crippen LogP contribution in [0.3, 0.4) is 0 Å². The summed E-state index contributed by atoms with van der Waals surface area (Å²) < 4.78 is 0. The van der Waals surface area contributed by atoms with Crippen molar-refractivity contribution in [3.05, 3.63) is 34.4 Å². The molecule has 1 rings (SSSR count). The molecule has 1 nitrogen and oxygen atoms in total. The Labute approximate surface area is 106 Å². The fourth-order valence-corrected chi connectivity index (χ4v) is 1.78. The van der Waals surface area contributed by atoms with E-state index in [0.717, 1.165) is 6.42 Å². The maximum atomic E-state index is 11.6. The topological polar surface area (TPSA) is 17.1 Å². The molecule has 1 aromatic carbocycles. The van der Waals surface area contributed by atoms with Gasteiger partial charge in [-0.3, -0.25) is 4.79 Å². The predicted octanol–water partition coefficient (Wildman–Crippen LogP) is 4.55. The highest BCUT2D eigenvalue weighted by Gasteiger charge is 2.07. The van der Waals surface area contributed by atoms with Crippen LogP contribution in [0.15, 0.2) is 12.1 Å². The third kappa shape index (κ3) is 4.72. The molecule has 17 heavy (non-hydrogen) atoms. The number of carbonyl (C=O) groups excluding carboxylic acids is 1. The van der Waals surface area contributed by atoms with E-state index in [4.69, 9.17) is 0 Å². The quantitative estimate of drug-likeness (QED) is 0.747. The maximum Gasteiger partial charge on any atom is 0.137 e. The molecule has 0 aliphatic rings. The summed E-state index contributed by atoms with van der Waals surface area (Å²) >= 11 is 0. The van der Waals surface area contributed by atoms with Crippen LogP contribution in [-0.2, 0) is 11.2 Å². The lowest BCUT2D eigenvalue weighted by molar-refractivity contribution is -0.118. The van der Waals surface area contributed by atoms with Gasteiger partial charge >= 0.3 is 0 Å². The van der Waals surface area contributed by atoms with Gasteiger partial charge in [0.2, 0.25) is 0 Å². The number of Topliss-reactive ketones (excluding diaryl/α,β-unsaturated/α-hetero) is 1. The second kappa shape index (κ2) is 8.05. The lowest BCUT2D eigenvalue weighted by atomic mass is 9.95. The van der Waals surface area contributed by atoms with Crippen LogP contribution >= 0.6 is 0 Å². The smallest absolute Gasteiger partial charge is 0.137 e. The van der Waals surface area contributed by atoms with Gasteiger partial charge in [0.25, 0.3) is 0 Å². The zero-order chi connectivity index (χ0) is 13.4. The summed E-state index contributed by atoms with van der Waals surface area (Å²) in [5.41, 5.74) is 5.09. The molecule has 0 radical (unpaired) electrons. The van der Waals surface area contributed by atoms with Gasteiger partial charge in [-0.15, -0.1) is 0 Å². The summed E-state index contributed by atoms with van der Waals surface area (Å²) in [6, 6.07) is 4.20. The lowest BCUT2D eigenvalue weighted by Gasteiger charge is -2.10. The number of benzene rings is 1. The second-order valence-electron chi connectivity index (χ2n) is 4.26. The van der Waals surface area contributed by atoms with Crippen molar-refractivity contribution in [2.24, 2.45) is 0 Å². The van der Waals surface area contributed by atoms with E-state index in [2.05, 4.69) is 32.9 Å². The first-order valence-electron chi connectivity index (χ1n) is 6.63. The summed E-state index contributed by atoms with van der Waals surface area (Å²) in [6.45, 7) is 12.4. The second-order valence-corrected chi connectivity index (χ2v) is 4.26. The summed E-state index contributed by atoms with van der Waals surface area (Å²) in [7, 11) is 0. The summed E-state index contributed by atoms with van der Waals surface area (Å²) in [5, 5.41) is 0. The monoisotopic (exact) mass is 234 g/mol. The fourth-order valence-electron chi connectivity index (χ4n) is 1.78. The van der Waals surface area contributed by atoms with E-state index in [-0.39, 0.29) is 0 Å². The van der Waals surface area contributed by atoms with Crippen LogP contribution in [-0.4, -0.2) is 5.78 Å². The van der Waals surface area contributed by atoms with Crippen molar-refractivity contribution in [2.75, 3.05) is 0 Å². The molecular formula is C16H26O. The zero-order valence-corrected chi connectivity index (χ0v) is 12.2. The average Bonchev–Trinajstić information content (AvgIpc) is 2.33. The van der Waals surface area contributed by atoms with Crippen molar-refractivity contribution >= 4 is 5.78 Å². The first-order chi connectivity index (χ1) is 8.06. The molecule has 0 saturated carbocycles. The van der Waals surface area contributed by atoms with Gasteiger partial charge in [-0.05, 0) is 49.4 Å². The normalized spacial score (nSPS) is 9.53. The van der Waals surface area contributed by atoms with Gasteiger partial charge < -0.3 is 0 Å². The average molecular weight is 234 g/mol. The van der Waals surface area contributed by atoms with E-state index in [0.29, 0.717) is 18.6 Å². The van der Waals surface area contributed by atoms with E-state index in [1.165, 1.54) is 22.3 Å². The van der Waals surface area contributed by atoms with E-state index < -0.39 is 0 Å². The number of hydrogen-bond acceptors (Lipinski definition) is 1. The summed E-state index contributed by atoms with van der Waals surface area (Å²) in [6.07, 6.45) is 2.25. The Morgan fingerprint density at radius 3 is 2.18 bits per heavy atom. The minimum absolute atomic E-state index is 0.351. The lowest BCUT2D eigenvalue weighted by Crippen LogP contribution is -2.04. The Kier molecular flexibility index (Phi) is 7.53. The predicted molar refractivity (Wildman–Crippen MR) is 75.6 cm³/mol. The van der Waals surface area contributed by atoms with Gasteiger partial charge in [0.05, 0.1) is 0 Å². The Bertz CT molecular complexity index is 364. The van der Waals surface area contributed by atoms with Crippen LogP contribution in [0.2, 0.25) is 0 Å². The molecule has 0 bridgehead atoms. The minimum atomic E-state index is 0.351. The standard InChI is InChI=1S/C14H20O.C2H6/c1-5-6-14(15)9-13-8-7-10(2)11(3)12(13)4;1-2/h7-8H,5-6,9H2,1-4H3;1-2H3. The van der Waals surface area contributed by atoms with Crippen molar-refractivity contribution in [3.63, 3.8) is 0 Å². The summed E-state index contributed by atoms with van der Waals surface area (Å²) in [4.78, 5) is 11.6. The Morgan fingerprint density at radius 2 is 1.65 bits per heavy atom. The van der Waals surface area contributed by atoms with Crippen LogP contribution < -0.4 is 0 Å². The third-order valence-electron chi connectivity index (χ3n) is 3.09. The number of ketones is 1. The van der Waals surface area contributed by atoms with Crippen LogP contribution in [0.25, 0.3) is 0 Å². The number of rotatable bonds is 4. The molecule has 0 spiro atoms. The van der Waals surface area contributed by atoms with Crippen LogP contribution in [0.5, 0.6) is 0 Å². The van der Waals surface area contributed by atoms with Crippen molar-refractivity contribution in [2.45, 2.75) is 60.8 Å². The third-order valence-corrected chi connectivity index (χ3v) is 3.09. The van der Waals surface area contributed by atoms with Crippen LogP contribution in [0, 0.1) is 20.8 Å². The Balaban J connectivity index is 0.00000121. The van der Waals surface area contributed by atoms with Crippen molar-refractivity contribution in [1.29, 1.82) is 0 Å². The van der Waals surface area contributed by atoms with Gasteiger partial charge in [0.1, 0.15) is 5.78 Å². The van der Waals surface area contributed by atoms with Gasteiger partial charge in [-0.25, -0.2) is 0 Å². The fraction of sp³-hybridized carbons (Fsp3) is 0.562. The van der Waals surface area contributed by atoms with Gasteiger partial charge in [-0.2, -0.15) is 0 Å². The number of hydrogen-bond donors (Lipinski definition) is 0. The van der Waals surface area contributed by atoms with Crippen molar-refractivity contribution in [1.82, 2.24) is 0 Å². The van der Waals surface area contributed by atoms with Crippen molar-refractivity contribution < 1.29 is 4.79 Å². The Hall–Kier alpha value is -1.11. The van der Waals surface area contributed by atoms with E-state index in [1.807, 2.05) is 20.8 Å². The molecule has 0 unspecified atom stereocenters. The highest BCUT2D eigenvalue weighted by molar-refractivity contribution is 5.81. The van der Waals surface area contributed by atoms with E-state index in [9.17, 15) is 4.79 Å². The molecule has 0 saturated heterocycles. The van der Waals surface area contributed by atoms with E-state index >= 15 is 0 Å². The van der Waals surface area contributed by atoms with Crippen LogP contribution in [0.4, 0.5) is 0 Å². The number of carbonyl (C=O) groups is 1. The Morgan fingerprint density at radius 1 is 1.06 bits per heavy atom. The molecule has 0 aliphatic carbocycles. The molecule has 1 heteroatoms. The summed E-state index contributed by atoms with van der Waals surface area (Å²) in [5.74, 6) is 0.351. The molecule has 0 atom stereocenters. The molecule has 96 valence electrons. The van der Waals surface area contributed by atoms with Gasteiger partial charge in [0.15, 0.2) is 0 Å². The highest BCUT2D eigenvalue weighted by atomic mass is 16.1. The minimum Gasteiger partial charge on any atom is -0.299 e. The zero-order valence-electron chi connectivity index (χ0n) is 12.2. The van der Waals surface area contributed by atoms with E-state index in [1.54, 1.807) is 0 Å². The molecule has 0 fully saturated rings. The molecular weight excluding hydrogens is 208 g/mol. The largest absolute Gasteiger partial charge is 0.299 e. The molecule has 0 aromatic heterocycles. The van der Waals surface area contributed by atoms with Crippen molar-refractivity contribution in [3.8, 4) is 0 Å². The molecule has 0 amide bonds. The molecule has 0 aliphatic heterocycles.